The van der Waals surface area contributed by atoms with Crippen molar-refractivity contribution in [1.29, 1.82) is 0 Å². The Morgan fingerprint density at radius 2 is 2.36 bits per heavy atom. The number of hydrogen-bond acceptors (Lipinski definition) is 3. The summed E-state index contributed by atoms with van der Waals surface area (Å²) in [7, 11) is 1.91. The number of aryl methyl sites for hydroxylation is 2. The number of H-pyrrole nitrogens is 1. The van der Waals surface area contributed by atoms with Gasteiger partial charge in [-0.25, -0.2) is 0 Å². The van der Waals surface area contributed by atoms with Crippen LogP contribution in [0.2, 0.25) is 0 Å². The van der Waals surface area contributed by atoms with Gasteiger partial charge >= 0.3 is 0 Å². The molecule has 2 rings (SSSR count). The van der Waals surface area contributed by atoms with Crippen LogP contribution in [0.15, 0.2) is 12.5 Å². The van der Waals surface area contributed by atoms with Crippen molar-refractivity contribution < 1.29 is 0 Å². The summed E-state index contributed by atoms with van der Waals surface area (Å²) in [5.41, 5.74) is 2.18. The topological polar surface area (TPSA) is 51.4 Å². The second kappa shape index (κ2) is 3.38. The van der Waals surface area contributed by atoms with Gasteiger partial charge in [-0.3, -0.25) is 9.78 Å². The van der Waals surface area contributed by atoms with Gasteiger partial charge in [0.25, 0.3) is 0 Å². The molecule has 2 aromatic rings. The second-order valence-electron chi connectivity index (χ2n) is 3.20. The van der Waals surface area contributed by atoms with Crippen LogP contribution in [0.25, 0.3) is 0 Å². The Labute approximate surface area is 86.4 Å². The third-order valence-electron chi connectivity index (χ3n) is 2.07. The van der Waals surface area contributed by atoms with E-state index in [2.05, 4.69) is 15.3 Å². The third-order valence-corrected chi connectivity index (χ3v) is 2.40. The van der Waals surface area contributed by atoms with Crippen LogP contribution in [0, 0.1) is 11.7 Å². The minimum Gasteiger partial charge on any atom is -0.302 e. The molecular formula is C8H11N5S. The molecule has 0 aliphatic heterocycles. The molecule has 6 heteroatoms. The van der Waals surface area contributed by atoms with E-state index < -0.39 is 0 Å². The summed E-state index contributed by atoms with van der Waals surface area (Å²) in [5, 5.41) is 10.8. The fraction of sp³-hybridized carbons (Fsp3) is 0.375. The van der Waals surface area contributed by atoms with E-state index in [0.29, 0.717) is 4.77 Å². The molecule has 0 amide bonds. The molecule has 0 saturated heterocycles. The summed E-state index contributed by atoms with van der Waals surface area (Å²) in [6.45, 7) is 2.70. The molecule has 2 heterocycles. The average molecular weight is 209 g/mol. The molecule has 0 atom stereocenters. The molecule has 0 aliphatic rings. The lowest BCUT2D eigenvalue weighted by molar-refractivity contribution is 0.754. The van der Waals surface area contributed by atoms with Crippen molar-refractivity contribution in [2.45, 2.75) is 13.5 Å². The van der Waals surface area contributed by atoms with Gasteiger partial charge in [-0.1, -0.05) is 0 Å². The van der Waals surface area contributed by atoms with Gasteiger partial charge in [-0.05, 0) is 19.1 Å². The second-order valence-corrected chi connectivity index (χ2v) is 3.59. The summed E-state index contributed by atoms with van der Waals surface area (Å²) in [6.07, 6.45) is 3.68. The number of aromatic nitrogens is 5. The number of nitrogens with zero attached hydrogens (tertiary/aromatic N) is 4. The summed E-state index contributed by atoms with van der Waals surface area (Å²) < 4.78 is 4.31. The number of hydrogen-bond donors (Lipinski definition) is 1. The third kappa shape index (κ3) is 1.60. The molecule has 0 spiro atoms. The predicted molar refractivity (Wildman–Crippen MR) is 54.5 cm³/mol. The van der Waals surface area contributed by atoms with E-state index in [-0.39, 0.29) is 0 Å². The molecule has 0 saturated carbocycles. The van der Waals surface area contributed by atoms with Gasteiger partial charge < -0.3 is 4.57 Å². The van der Waals surface area contributed by atoms with Gasteiger partial charge in [0.1, 0.15) is 6.33 Å². The molecule has 0 aromatic carbocycles. The van der Waals surface area contributed by atoms with Crippen molar-refractivity contribution in [2.75, 3.05) is 0 Å². The first-order valence-corrected chi connectivity index (χ1v) is 4.66. The highest BCUT2D eigenvalue weighted by molar-refractivity contribution is 7.71. The zero-order valence-electron chi connectivity index (χ0n) is 8.06. The van der Waals surface area contributed by atoms with E-state index in [9.17, 15) is 0 Å². The first-order valence-electron chi connectivity index (χ1n) is 4.26. The van der Waals surface area contributed by atoms with E-state index in [4.69, 9.17) is 12.2 Å². The highest BCUT2D eigenvalue weighted by Crippen LogP contribution is 2.06. The van der Waals surface area contributed by atoms with Gasteiger partial charge in [-0.15, -0.1) is 0 Å². The van der Waals surface area contributed by atoms with Crippen LogP contribution in [-0.4, -0.2) is 24.5 Å². The van der Waals surface area contributed by atoms with Crippen LogP contribution < -0.4 is 0 Å². The van der Waals surface area contributed by atoms with Gasteiger partial charge in [0, 0.05) is 18.8 Å². The Kier molecular flexibility index (Phi) is 2.20. The zero-order valence-corrected chi connectivity index (χ0v) is 8.88. The Balaban J connectivity index is 2.31. The molecule has 5 nitrogen and oxygen atoms in total. The van der Waals surface area contributed by atoms with Crippen LogP contribution in [-0.2, 0) is 13.6 Å². The van der Waals surface area contributed by atoms with Gasteiger partial charge in [0.2, 0.25) is 0 Å². The summed E-state index contributed by atoms with van der Waals surface area (Å²) in [5.74, 6) is 0. The van der Waals surface area contributed by atoms with E-state index >= 15 is 0 Å². The van der Waals surface area contributed by atoms with Crippen LogP contribution in [0.5, 0.6) is 0 Å². The maximum Gasteiger partial charge on any atom is 0.195 e. The molecule has 0 bridgehead atoms. The summed E-state index contributed by atoms with van der Waals surface area (Å²) >= 11 is 5.05. The van der Waals surface area contributed by atoms with E-state index in [1.807, 2.05) is 24.7 Å². The van der Waals surface area contributed by atoms with E-state index in [1.165, 1.54) is 0 Å². The summed E-state index contributed by atoms with van der Waals surface area (Å²) in [6, 6.07) is 0. The Bertz CT molecular complexity index is 492. The van der Waals surface area contributed by atoms with Crippen molar-refractivity contribution in [2.24, 2.45) is 7.05 Å². The Morgan fingerprint density at radius 1 is 1.57 bits per heavy atom. The largest absolute Gasteiger partial charge is 0.302 e. The fourth-order valence-corrected chi connectivity index (χ4v) is 1.53. The standard InChI is InChI=1S/C8H11N5S/c1-6-7(3-12(2)11-6)4-13-5-9-10-8(13)14/h3,5H,4H2,1-2H3,(H,10,14). The highest BCUT2D eigenvalue weighted by atomic mass is 32.1. The van der Waals surface area contributed by atoms with Crippen molar-refractivity contribution in [3.63, 3.8) is 0 Å². The minimum atomic E-state index is 0.633. The molecule has 0 radical (unpaired) electrons. The maximum absolute atomic E-state index is 5.05. The van der Waals surface area contributed by atoms with Crippen molar-refractivity contribution in [3.05, 3.63) is 28.6 Å². The van der Waals surface area contributed by atoms with Crippen LogP contribution in [0.4, 0.5) is 0 Å². The number of aromatic amines is 1. The zero-order chi connectivity index (χ0) is 10.1. The molecule has 0 fully saturated rings. The lowest BCUT2D eigenvalue weighted by Crippen LogP contribution is -1.98. The minimum absolute atomic E-state index is 0.633. The molecule has 0 aliphatic carbocycles. The van der Waals surface area contributed by atoms with Crippen LogP contribution in [0.1, 0.15) is 11.3 Å². The quantitative estimate of drug-likeness (QED) is 0.752. The van der Waals surface area contributed by atoms with Crippen molar-refractivity contribution in [3.8, 4) is 0 Å². The first kappa shape index (κ1) is 9.14. The van der Waals surface area contributed by atoms with Gasteiger partial charge in [-0.2, -0.15) is 10.2 Å². The maximum atomic E-state index is 5.05. The molecule has 14 heavy (non-hydrogen) atoms. The Hall–Kier alpha value is -1.43. The number of rotatable bonds is 2. The molecule has 2 aromatic heterocycles. The molecule has 74 valence electrons. The Morgan fingerprint density at radius 3 is 2.86 bits per heavy atom. The lowest BCUT2D eigenvalue weighted by Gasteiger charge is -1.98. The monoisotopic (exact) mass is 209 g/mol. The fourth-order valence-electron chi connectivity index (χ4n) is 1.37. The molecular weight excluding hydrogens is 198 g/mol. The SMILES string of the molecule is Cc1nn(C)cc1Cn1cn[nH]c1=S. The first-order chi connectivity index (χ1) is 6.66. The lowest BCUT2D eigenvalue weighted by atomic mass is 10.3. The molecule has 1 N–H and O–H groups in total. The van der Waals surface area contributed by atoms with Crippen LogP contribution in [0.3, 0.4) is 0 Å². The number of nitrogens with one attached hydrogen (secondary N) is 1. The van der Waals surface area contributed by atoms with Gasteiger partial charge in [0.15, 0.2) is 4.77 Å². The average Bonchev–Trinajstić information content (AvgIpc) is 2.62. The predicted octanol–water partition coefficient (Wildman–Crippen LogP) is 1.03. The van der Waals surface area contributed by atoms with E-state index in [0.717, 1.165) is 17.8 Å². The van der Waals surface area contributed by atoms with Crippen LogP contribution >= 0.6 is 12.2 Å². The smallest absolute Gasteiger partial charge is 0.195 e. The molecule has 0 unspecified atom stereocenters. The van der Waals surface area contributed by atoms with Crippen molar-refractivity contribution >= 4 is 12.2 Å². The van der Waals surface area contributed by atoms with Crippen molar-refractivity contribution in [1.82, 2.24) is 24.5 Å². The van der Waals surface area contributed by atoms with E-state index in [1.54, 1.807) is 11.0 Å². The normalized spacial score (nSPS) is 10.7. The van der Waals surface area contributed by atoms with Gasteiger partial charge in [0.05, 0.1) is 12.2 Å². The summed E-state index contributed by atoms with van der Waals surface area (Å²) in [4.78, 5) is 0. The highest BCUT2D eigenvalue weighted by Gasteiger charge is 2.04.